The lowest BCUT2D eigenvalue weighted by atomic mass is 10.3. The van der Waals surface area contributed by atoms with Crippen LogP contribution in [0, 0.1) is 10.5 Å². The van der Waals surface area contributed by atoms with Crippen molar-refractivity contribution in [1.29, 1.82) is 0 Å². The van der Waals surface area contributed by atoms with Crippen LogP contribution in [0.3, 0.4) is 0 Å². The third-order valence-electron chi connectivity index (χ3n) is 2.91. The van der Waals surface area contributed by atoms with Crippen LogP contribution in [-0.2, 0) is 20.0 Å². The molecule has 18 heavy (non-hydrogen) atoms. The molecule has 0 amide bonds. The maximum atomic E-state index is 12.1. The third-order valence-corrected chi connectivity index (χ3v) is 3.65. The lowest BCUT2D eigenvalue weighted by molar-refractivity contribution is 0.625. The van der Waals surface area contributed by atoms with E-state index in [9.17, 15) is 4.79 Å². The molecule has 0 aliphatic heterocycles. The Bertz CT molecular complexity index is 629. The fourth-order valence-electron chi connectivity index (χ4n) is 1.79. The number of rotatable bonds is 3. The maximum absolute atomic E-state index is 12.1. The molecular formula is C12H15IN4O. The molecule has 0 atom stereocenters. The van der Waals surface area contributed by atoms with Crippen molar-refractivity contribution in [2.24, 2.45) is 7.05 Å². The van der Waals surface area contributed by atoms with Crippen molar-refractivity contribution < 1.29 is 0 Å². The van der Waals surface area contributed by atoms with Crippen molar-refractivity contribution in [3.63, 3.8) is 0 Å². The van der Waals surface area contributed by atoms with Gasteiger partial charge < -0.3 is 0 Å². The normalized spacial score (nSPS) is 10.9. The van der Waals surface area contributed by atoms with Gasteiger partial charge >= 0.3 is 0 Å². The molecular weight excluding hydrogens is 343 g/mol. The standard InChI is InChI=1S/C12H15IN4O/c1-4-9-5-10(16(3)15-9)7-17-8(2)14-6-11(13)12(17)18/h5-6H,4,7H2,1-3H3. The van der Waals surface area contributed by atoms with Gasteiger partial charge in [0.25, 0.3) is 5.56 Å². The van der Waals surface area contributed by atoms with Crippen LogP contribution in [0.15, 0.2) is 17.1 Å². The largest absolute Gasteiger partial charge is 0.290 e. The van der Waals surface area contributed by atoms with Crippen LogP contribution >= 0.6 is 22.6 Å². The zero-order valence-corrected chi connectivity index (χ0v) is 12.8. The van der Waals surface area contributed by atoms with E-state index >= 15 is 0 Å². The van der Waals surface area contributed by atoms with Crippen LogP contribution in [0.4, 0.5) is 0 Å². The van der Waals surface area contributed by atoms with Gasteiger partial charge in [-0.25, -0.2) is 4.98 Å². The summed E-state index contributed by atoms with van der Waals surface area (Å²) in [4.78, 5) is 16.3. The number of hydrogen-bond acceptors (Lipinski definition) is 3. The molecule has 0 bridgehead atoms. The van der Waals surface area contributed by atoms with Crippen molar-refractivity contribution >= 4 is 22.6 Å². The topological polar surface area (TPSA) is 52.7 Å². The molecule has 0 aromatic carbocycles. The van der Waals surface area contributed by atoms with Gasteiger partial charge in [-0.15, -0.1) is 0 Å². The second kappa shape index (κ2) is 5.21. The summed E-state index contributed by atoms with van der Waals surface area (Å²) in [6.07, 6.45) is 2.50. The van der Waals surface area contributed by atoms with Crippen LogP contribution in [0.5, 0.6) is 0 Å². The van der Waals surface area contributed by atoms with E-state index in [4.69, 9.17) is 0 Å². The summed E-state index contributed by atoms with van der Waals surface area (Å²) in [5.41, 5.74) is 2.06. The predicted octanol–water partition coefficient (Wildman–Crippen LogP) is 1.50. The lowest BCUT2D eigenvalue weighted by Crippen LogP contribution is -2.26. The van der Waals surface area contributed by atoms with Crippen LogP contribution < -0.4 is 5.56 Å². The first-order chi connectivity index (χ1) is 8.52. The van der Waals surface area contributed by atoms with Crippen LogP contribution in [0.1, 0.15) is 24.1 Å². The Morgan fingerprint density at radius 3 is 2.78 bits per heavy atom. The minimum absolute atomic E-state index is 0.00217. The fourth-order valence-corrected chi connectivity index (χ4v) is 2.22. The van der Waals surface area contributed by atoms with E-state index in [0.717, 1.165) is 23.6 Å². The number of hydrogen-bond donors (Lipinski definition) is 0. The van der Waals surface area contributed by atoms with Gasteiger partial charge in [0.1, 0.15) is 5.82 Å². The minimum atomic E-state index is 0.00217. The summed E-state index contributed by atoms with van der Waals surface area (Å²) in [5, 5.41) is 4.39. The van der Waals surface area contributed by atoms with E-state index in [-0.39, 0.29) is 5.56 Å². The smallest absolute Gasteiger partial charge is 0.267 e. The molecule has 2 aromatic heterocycles. The molecule has 0 spiro atoms. The third kappa shape index (κ3) is 2.47. The van der Waals surface area contributed by atoms with Crippen molar-refractivity contribution in [3.05, 3.63) is 43.4 Å². The molecule has 0 fully saturated rings. The fraction of sp³-hybridized carbons (Fsp3) is 0.417. The molecule has 0 aliphatic carbocycles. The maximum Gasteiger partial charge on any atom is 0.267 e. The lowest BCUT2D eigenvalue weighted by Gasteiger charge is -2.09. The molecule has 0 aliphatic rings. The van der Waals surface area contributed by atoms with E-state index in [0.29, 0.717) is 10.1 Å². The number of nitrogens with zero attached hydrogens (tertiary/aromatic N) is 4. The monoisotopic (exact) mass is 358 g/mol. The number of aryl methyl sites for hydroxylation is 3. The summed E-state index contributed by atoms with van der Waals surface area (Å²) in [5.74, 6) is 0.722. The number of halogens is 1. The zero-order valence-electron chi connectivity index (χ0n) is 10.6. The quantitative estimate of drug-likeness (QED) is 0.782. The Balaban J connectivity index is 2.42. The predicted molar refractivity (Wildman–Crippen MR) is 77.6 cm³/mol. The molecule has 0 N–H and O–H groups in total. The molecule has 2 rings (SSSR count). The SMILES string of the molecule is CCc1cc(Cn2c(C)ncc(I)c2=O)n(C)n1. The van der Waals surface area contributed by atoms with Crippen molar-refractivity contribution in [1.82, 2.24) is 19.3 Å². The highest BCUT2D eigenvalue weighted by Crippen LogP contribution is 2.07. The summed E-state index contributed by atoms with van der Waals surface area (Å²) in [6.45, 7) is 4.42. The zero-order chi connectivity index (χ0) is 13.3. The second-order valence-corrected chi connectivity index (χ2v) is 5.31. The van der Waals surface area contributed by atoms with E-state index in [1.165, 1.54) is 0 Å². The van der Waals surface area contributed by atoms with Crippen molar-refractivity contribution in [2.75, 3.05) is 0 Å². The van der Waals surface area contributed by atoms with Crippen LogP contribution in [-0.4, -0.2) is 19.3 Å². The molecule has 0 unspecified atom stereocenters. The summed E-state index contributed by atoms with van der Waals surface area (Å²) < 4.78 is 4.14. The highest BCUT2D eigenvalue weighted by atomic mass is 127. The average molecular weight is 358 g/mol. The average Bonchev–Trinajstić information content (AvgIpc) is 2.70. The number of aromatic nitrogens is 4. The van der Waals surface area contributed by atoms with Gasteiger partial charge in [-0.3, -0.25) is 14.0 Å². The summed E-state index contributed by atoms with van der Waals surface area (Å²) in [7, 11) is 1.90. The highest BCUT2D eigenvalue weighted by molar-refractivity contribution is 14.1. The molecule has 6 heteroatoms. The van der Waals surface area contributed by atoms with Gasteiger partial charge in [-0.05, 0) is 42.0 Å². The second-order valence-electron chi connectivity index (χ2n) is 4.15. The molecule has 2 aromatic rings. The van der Waals surface area contributed by atoms with E-state index in [2.05, 4.69) is 17.0 Å². The van der Waals surface area contributed by atoms with Crippen LogP contribution in [0.25, 0.3) is 0 Å². The molecule has 2 heterocycles. The van der Waals surface area contributed by atoms with E-state index in [1.54, 1.807) is 10.8 Å². The van der Waals surface area contributed by atoms with Crippen LogP contribution in [0.2, 0.25) is 0 Å². The van der Waals surface area contributed by atoms with Gasteiger partial charge in [0, 0.05) is 13.2 Å². The van der Waals surface area contributed by atoms with Gasteiger partial charge in [0.15, 0.2) is 0 Å². The molecule has 0 saturated heterocycles. The molecule has 96 valence electrons. The van der Waals surface area contributed by atoms with E-state index < -0.39 is 0 Å². The molecule has 0 radical (unpaired) electrons. The van der Waals surface area contributed by atoms with Gasteiger partial charge in [0.2, 0.25) is 0 Å². The summed E-state index contributed by atoms with van der Waals surface area (Å²) in [6, 6.07) is 2.03. The molecule has 0 saturated carbocycles. The Hall–Kier alpha value is -1.18. The highest BCUT2D eigenvalue weighted by Gasteiger charge is 2.09. The first-order valence-corrected chi connectivity index (χ1v) is 6.84. The Labute approximate surface area is 119 Å². The van der Waals surface area contributed by atoms with Crippen molar-refractivity contribution in [2.45, 2.75) is 26.8 Å². The van der Waals surface area contributed by atoms with Gasteiger partial charge in [0.05, 0.1) is 21.5 Å². The first kappa shape index (κ1) is 13.3. The van der Waals surface area contributed by atoms with Gasteiger partial charge in [-0.2, -0.15) is 5.10 Å². The Morgan fingerprint density at radius 2 is 2.17 bits per heavy atom. The first-order valence-electron chi connectivity index (χ1n) is 5.76. The minimum Gasteiger partial charge on any atom is -0.290 e. The Kier molecular flexibility index (Phi) is 3.84. The molecule has 5 nitrogen and oxygen atoms in total. The Morgan fingerprint density at radius 1 is 1.44 bits per heavy atom. The van der Waals surface area contributed by atoms with E-state index in [1.807, 2.05) is 47.3 Å². The summed E-state index contributed by atoms with van der Waals surface area (Å²) >= 11 is 2.01. The van der Waals surface area contributed by atoms with Gasteiger partial charge in [-0.1, -0.05) is 6.92 Å². The van der Waals surface area contributed by atoms with Crippen molar-refractivity contribution in [3.8, 4) is 0 Å².